The van der Waals surface area contributed by atoms with Crippen LogP contribution in [0.3, 0.4) is 0 Å². The van der Waals surface area contributed by atoms with Crippen LogP contribution in [0.5, 0.6) is 5.75 Å². The second-order valence-corrected chi connectivity index (χ2v) is 6.01. The fraction of sp³-hybridized carbons (Fsp3) is 0.417. The number of carbonyl (C=O) groups excluding carboxylic acids is 1. The Morgan fingerprint density at radius 1 is 1.42 bits per heavy atom. The third-order valence-corrected chi connectivity index (χ3v) is 4.24. The molecule has 0 saturated carbocycles. The van der Waals surface area contributed by atoms with E-state index < -0.39 is 15.5 Å². The molecule has 104 valence electrons. The summed E-state index contributed by atoms with van der Waals surface area (Å²) in [5.74, 6) is 0.249. The van der Waals surface area contributed by atoms with Gasteiger partial charge in [0.25, 0.3) is 0 Å². The van der Waals surface area contributed by atoms with Gasteiger partial charge in [0.1, 0.15) is 11.0 Å². The molecule has 19 heavy (non-hydrogen) atoms. The summed E-state index contributed by atoms with van der Waals surface area (Å²) in [6, 6.07) is 7.12. The number of ether oxygens (including phenoxy) is 1. The van der Waals surface area contributed by atoms with Crippen molar-refractivity contribution in [1.29, 1.82) is 0 Å². The van der Waals surface area contributed by atoms with Crippen molar-refractivity contribution < 1.29 is 21.8 Å². The number of hydrogen-bond acceptors (Lipinski definition) is 4. The highest BCUT2D eigenvalue weighted by Crippen LogP contribution is 2.25. The summed E-state index contributed by atoms with van der Waals surface area (Å²) in [6.07, 6.45) is -0.298. The summed E-state index contributed by atoms with van der Waals surface area (Å²) in [5, 5.41) is -1.25. The number of likely N-dealkylation sites (tertiary alicyclic amines) is 1. The van der Waals surface area contributed by atoms with Gasteiger partial charge in [0.05, 0.1) is 7.11 Å². The summed E-state index contributed by atoms with van der Waals surface area (Å²) < 4.78 is 39.7. The molecule has 1 aromatic carbocycles. The number of para-hydroxylation sites is 1. The second kappa shape index (κ2) is 5.16. The van der Waals surface area contributed by atoms with E-state index in [-0.39, 0.29) is 25.4 Å². The molecule has 7 heteroatoms. The molecule has 0 N–H and O–H groups in total. The van der Waals surface area contributed by atoms with E-state index in [4.69, 9.17) is 4.74 Å². The summed E-state index contributed by atoms with van der Waals surface area (Å²) >= 11 is 0. The normalized spacial score (nSPS) is 19.8. The number of hydrogen-bond donors (Lipinski definition) is 0. The zero-order valence-electron chi connectivity index (χ0n) is 10.4. The van der Waals surface area contributed by atoms with Crippen LogP contribution < -0.4 is 4.74 Å². The van der Waals surface area contributed by atoms with E-state index in [9.17, 15) is 17.1 Å². The SMILES string of the molecule is COc1ccccc1CN1CC(S(=O)(=O)F)CC1=O. The number of amides is 1. The Balaban J connectivity index is 2.14. The van der Waals surface area contributed by atoms with Gasteiger partial charge in [-0.1, -0.05) is 18.2 Å². The Labute approximate surface area is 111 Å². The first-order valence-electron chi connectivity index (χ1n) is 5.75. The van der Waals surface area contributed by atoms with E-state index in [1.807, 2.05) is 0 Å². The highest BCUT2D eigenvalue weighted by atomic mass is 32.3. The van der Waals surface area contributed by atoms with Crippen molar-refractivity contribution in [2.24, 2.45) is 0 Å². The predicted octanol–water partition coefficient (Wildman–Crippen LogP) is 1.10. The van der Waals surface area contributed by atoms with Gasteiger partial charge in [-0.15, -0.1) is 3.89 Å². The molecule has 1 aromatic rings. The number of carbonyl (C=O) groups is 1. The van der Waals surface area contributed by atoms with Gasteiger partial charge in [0.15, 0.2) is 0 Å². The lowest BCUT2D eigenvalue weighted by Crippen LogP contribution is -2.27. The smallest absolute Gasteiger partial charge is 0.307 e. The van der Waals surface area contributed by atoms with E-state index in [2.05, 4.69) is 0 Å². The van der Waals surface area contributed by atoms with Gasteiger partial charge in [-0.25, -0.2) is 0 Å². The molecule has 1 atom stereocenters. The van der Waals surface area contributed by atoms with Crippen LogP contribution in [0.15, 0.2) is 24.3 Å². The van der Waals surface area contributed by atoms with E-state index in [0.29, 0.717) is 5.75 Å². The van der Waals surface area contributed by atoms with Crippen molar-refractivity contribution in [3.05, 3.63) is 29.8 Å². The Morgan fingerprint density at radius 3 is 2.68 bits per heavy atom. The largest absolute Gasteiger partial charge is 0.496 e. The Hall–Kier alpha value is -1.63. The Kier molecular flexibility index (Phi) is 3.75. The second-order valence-electron chi connectivity index (χ2n) is 4.39. The van der Waals surface area contributed by atoms with Crippen LogP contribution >= 0.6 is 0 Å². The van der Waals surface area contributed by atoms with E-state index in [0.717, 1.165) is 5.56 Å². The van der Waals surface area contributed by atoms with E-state index in [1.54, 1.807) is 24.3 Å². The molecule has 1 aliphatic rings. The fourth-order valence-corrected chi connectivity index (χ4v) is 2.82. The summed E-state index contributed by atoms with van der Waals surface area (Å²) in [4.78, 5) is 13.0. The molecule has 0 bridgehead atoms. The van der Waals surface area contributed by atoms with Gasteiger partial charge in [-0.05, 0) is 6.07 Å². The van der Waals surface area contributed by atoms with Crippen molar-refractivity contribution in [2.45, 2.75) is 18.2 Å². The van der Waals surface area contributed by atoms with Crippen LogP contribution in [0.2, 0.25) is 0 Å². The van der Waals surface area contributed by atoms with E-state index >= 15 is 0 Å². The van der Waals surface area contributed by atoms with Crippen molar-refractivity contribution in [3.63, 3.8) is 0 Å². The summed E-state index contributed by atoms with van der Waals surface area (Å²) in [7, 11) is -3.16. The maximum atomic E-state index is 12.9. The molecule has 0 radical (unpaired) electrons. The maximum Gasteiger partial charge on any atom is 0.307 e. The lowest BCUT2D eigenvalue weighted by atomic mass is 10.2. The average molecular weight is 287 g/mol. The van der Waals surface area contributed by atoms with Crippen LogP contribution in [0, 0.1) is 0 Å². The molecule has 1 amide bonds. The number of nitrogens with zero attached hydrogens (tertiary/aromatic N) is 1. The highest BCUT2D eigenvalue weighted by molar-refractivity contribution is 7.87. The minimum atomic E-state index is -4.67. The minimum absolute atomic E-state index is 0.115. The van der Waals surface area contributed by atoms with Gasteiger partial charge in [0.2, 0.25) is 5.91 Å². The zero-order valence-corrected chi connectivity index (χ0v) is 11.2. The molecule has 2 rings (SSSR count). The van der Waals surface area contributed by atoms with Crippen LogP contribution in [-0.4, -0.2) is 38.1 Å². The Morgan fingerprint density at radius 2 is 2.11 bits per heavy atom. The number of methoxy groups -OCH3 is 1. The lowest BCUT2D eigenvalue weighted by Gasteiger charge is -2.17. The topological polar surface area (TPSA) is 63.7 Å². The predicted molar refractivity (Wildman–Crippen MR) is 66.8 cm³/mol. The standard InChI is InChI=1S/C12H14FNO4S/c1-18-11-5-3-2-4-9(11)7-14-8-10(6-12(14)15)19(13,16)17/h2-5,10H,6-8H2,1H3. The van der Waals surface area contributed by atoms with Gasteiger partial charge in [-0.3, -0.25) is 4.79 Å². The molecule has 1 heterocycles. The monoisotopic (exact) mass is 287 g/mol. The third kappa shape index (κ3) is 3.04. The lowest BCUT2D eigenvalue weighted by molar-refractivity contribution is -0.128. The van der Waals surface area contributed by atoms with Crippen molar-refractivity contribution >= 4 is 16.1 Å². The molecule has 1 saturated heterocycles. The molecule has 1 aliphatic heterocycles. The molecule has 0 spiro atoms. The number of rotatable bonds is 4. The quantitative estimate of drug-likeness (QED) is 0.778. The minimum Gasteiger partial charge on any atom is -0.496 e. The Bertz CT molecular complexity index is 587. The average Bonchev–Trinajstić information content (AvgIpc) is 2.72. The summed E-state index contributed by atoms with van der Waals surface area (Å²) in [6.45, 7) is 0.102. The maximum absolute atomic E-state index is 12.9. The summed E-state index contributed by atoms with van der Waals surface area (Å²) in [5.41, 5.74) is 0.759. The molecular weight excluding hydrogens is 273 g/mol. The van der Waals surface area contributed by atoms with Gasteiger partial charge < -0.3 is 9.64 Å². The van der Waals surface area contributed by atoms with E-state index in [1.165, 1.54) is 12.0 Å². The van der Waals surface area contributed by atoms with Crippen molar-refractivity contribution in [3.8, 4) is 5.75 Å². The molecule has 1 unspecified atom stereocenters. The zero-order chi connectivity index (χ0) is 14.0. The van der Waals surface area contributed by atoms with Gasteiger partial charge >= 0.3 is 10.2 Å². The number of halogens is 1. The molecule has 0 aromatic heterocycles. The van der Waals surface area contributed by atoms with Crippen molar-refractivity contribution in [1.82, 2.24) is 4.90 Å². The van der Waals surface area contributed by atoms with Gasteiger partial charge in [-0.2, -0.15) is 8.42 Å². The first kappa shape index (κ1) is 13.8. The highest BCUT2D eigenvalue weighted by Gasteiger charge is 2.38. The first-order valence-corrected chi connectivity index (χ1v) is 7.19. The molecule has 1 fully saturated rings. The van der Waals surface area contributed by atoms with Crippen molar-refractivity contribution in [2.75, 3.05) is 13.7 Å². The first-order chi connectivity index (χ1) is 8.91. The van der Waals surface area contributed by atoms with Crippen LogP contribution in [0.25, 0.3) is 0 Å². The van der Waals surface area contributed by atoms with Gasteiger partial charge in [0, 0.05) is 25.1 Å². The third-order valence-electron chi connectivity index (χ3n) is 3.13. The van der Waals surface area contributed by atoms with Crippen LogP contribution in [0.4, 0.5) is 3.89 Å². The molecule has 0 aliphatic carbocycles. The molecule has 5 nitrogen and oxygen atoms in total. The molecular formula is C12H14FNO4S. The van der Waals surface area contributed by atoms with Crippen LogP contribution in [0.1, 0.15) is 12.0 Å². The fourth-order valence-electron chi connectivity index (χ4n) is 2.12. The van der Waals surface area contributed by atoms with Crippen LogP contribution in [-0.2, 0) is 21.6 Å². The number of benzene rings is 1.